The molecule has 0 aliphatic carbocycles. The third kappa shape index (κ3) is 2.94. The first-order valence-corrected chi connectivity index (χ1v) is 2.50. The van der Waals surface area contributed by atoms with E-state index in [1.807, 2.05) is 0 Å². The average Bonchev–Trinajstić information content (AvgIpc) is 1.90. The Morgan fingerprint density at radius 1 is 1.60 bits per heavy atom. The van der Waals surface area contributed by atoms with Crippen LogP contribution in [-0.4, -0.2) is 62.5 Å². The summed E-state index contributed by atoms with van der Waals surface area (Å²) in [6.07, 6.45) is 0. The minimum atomic E-state index is -0.910. The van der Waals surface area contributed by atoms with Crippen molar-refractivity contribution in [1.29, 1.82) is 0 Å². The molecule has 10 heavy (non-hydrogen) atoms. The summed E-state index contributed by atoms with van der Waals surface area (Å²) < 4.78 is 0. The number of rotatable bonds is 1. The van der Waals surface area contributed by atoms with Crippen LogP contribution in [0.3, 0.4) is 0 Å². The van der Waals surface area contributed by atoms with Gasteiger partial charge in [-0.1, -0.05) is 12.1 Å². The van der Waals surface area contributed by atoms with Gasteiger partial charge >= 0.3 is 57.4 Å². The molecule has 47 valence electrons. The second-order valence-corrected chi connectivity index (χ2v) is 1.60. The minimum absolute atomic E-state index is 0. The molecule has 0 fully saturated rings. The van der Waals surface area contributed by atoms with E-state index in [-0.39, 0.29) is 56.9 Å². The number of carbonyl (C=O) groups is 1. The SMILES string of the molecule is O=C(O)c1c[c]ccc1.[KH]. The summed E-state index contributed by atoms with van der Waals surface area (Å²) in [6.45, 7) is 0. The molecule has 0 aromatic heterocycles. The third-order valence-electron chi connectivity index (χ3n) is 0.954. The van der Waals surface area contributed by atoms with Gasteiger partial charge in [-0.25, -0.2) is 4.79 Å². The van der Waals surface area contributed by atoms with Gasteiger partial charge in [0.15, 0.2) is 0 Å². The second-order valence-electron chi connectivity index (χ2n) is 1.60. The number of carboxylic acid groups (broad SMARTS) is 1. The molecule has 0 saturated carbocycles. The molecule has 3 heteroatoms. The normalized spacial score (nSPS) is 8.00. The van der Waals surface area contributed by atoms with Gasteiger partial charge in [0.25, 0.3) is 0 Å². The predicted molar refractivity (Wildman–Crippen MR) is 39.4 cm³/mol. The fraction of sp³-hybridized carbons (Fsp3) is 0. The number of hydrogen-bond acceptors (Lipinski definition) is 1. The van der Waals surface area contributed by atoms with E-state index in [0.29, 0.717) is 0 Å². The van der Waals surface area contributed by atoms with Crippen molar-refractivity contribution in [2.45, 2.75) is 0 Å². The van der Waals surface area contributed by atoms with Crippen molar-refractivity contribution in [3.05, 3.63) is 35.9 Å². The summed E-state index contributed by atoms with van der Waals surface area (Å²) in [5.74, 6) is -0.910. The van der Waals surface area contributed by atoms with Crippen LogP contribution in [-0.2, 0) is 0 Å². The Morgan fingerprint density at radius 3 is 2.60 bits per heavy atom. The summed E-state index contributed by atoms with van der Waals surface area (Å²) in [5, 5.41) is 8.36. The predicted octanol–water partition coefficient (Wildman–Crippen LogP) is 0.536. The molecule has 0 saturated heterocycles. The van der Waals surface area contributed by atoms with Gasteiger partial charge in [-0.15, -0.1) is 0 Å². The zero-order chi connectivity index (χ0) is 6.69. The van der Waals surface area contributed by atoms with Gasteiger partial charge in [0.1, 0.15) is 0 Å². The average molecular weight is 161 g/mol. The van der Waals surface area contributed by atoms with Crippen molar-refractivity contribution in [1.82, 2.24) is 0 Å². The first-order chi connectivity index (χ1) is 4.30. The number of aromatic carboxylic acids is 1. The Kier molecular flexibility index (Phi) is 5.20. The van der Waals surface area contributed by atoms with E-state index in [0.717, 1.165) is 0 Å². The van der Waals surface area contributed by atoms with Crippen LogP contribution in [0.15, 0.2) is 24.3 Å². The molecule has 1 radical (unpaired) electrons. The van der Waals surface area contributed by atoms with Gasteiger partial charge < -0.3 is 5.11 Å². The van der Waals surface area contributed by atoms with Crippen LogP contribution in [0.1, 0.15) is 10.4 Å². The topological polar surface area (TPSA) is 37.3 Å². The first-order valence-electron chi connectivity index (χ1n) is 2.50. The van der Waals surface area contributed by atoms with Crippen LogP contribution < -0.4 is 0 Å². The molecule has 0 heterocycles. The zero-order valence-corrected chi connectivity index (χ0v) is 4.66. The Morgan fingerprint density at radius 2 is 2.30 bits per heavy atom. The Labute approximate surface area is 102 Å². The monoisotopic (exact) mass is 161 g/mol. The molecule has 0 atom stereocenters. The molecule has 0 spiro atoms. The van der Waals surface area contributed by atoms with Gasteiger partial charge in [-0.05, 0) is 18.2 Å². The molecule has 1 aromatic carbocycles. The van der Waals surface area contributed by atoms with E-state index in [2.05, 4.69) is 6.07 Å². The number of hydrogen-bond donors (Lipinski definition) is 1. The van der Waals surface area contributed by atoms with Gasteiger partial charge in [0.05, 0.1) is 5.56 Å². The van der Waals surface area contributed by atoms with Gasteiger partial charge in [0.2, 0.25) is 0 Å². The van der Waals surface area contributed by atoms with E-state index in [9.17, 15) is 4.79 Å². The van der Waals surface area contributed by atoms with E-state index in [1.54, 1.807) is 12.1 Å². The second kappa shape index (κ2) is 5.04. The van der Waals surface area contributed by atoms with Crippen LogP contribution in [0.4, 0.5) is 0 Å². The maximum atomic E-state index is 10.2. The van der Waals surface area contributed by atoms with Crippen LogP contribution in [0.5, 0.6) is 0 Å². The van der Waals surface area contributed by atoms with Crippen molar-refractivity contribution in [2.24, 2.45) is 0 Å². The summed E-state index contributed by atoms with van der Waals surface area (Å²) >= 11 is 0. The van der Waals surface area contributed by atoms with Crippen molar-refractivity contribution in [2.75, 3.05) is 0 Å². The fourth-order valence-corrected chi connectivity index (χ4v) is 0.526. The first kappa shape index (κ1) is 10.3. The molecular weight excluding hydrogens is 155 g/mol. The number of carboxylic acids is 1. The van der Waals surface area contributed by atoms with E-state index < -0.39 is 5.97 Å². The van der Waals surface area contributed by atoms with Crippen LogP contribution >= 0.6 is 0 Å². The van der Waals surface area contributed by atoms with Crippen molar-refractivity contribution in [3.8, 4) is 0 Å². The molecule has 0 unspecified atom stereocenters. The molecule has 1 rings (SSSR count). The zero-order valence-electron chi connectivity index (χ0n) is 4.66. The molecule has 1 N–H and O–H groups in total. The van der Waals surface area contributed by atoms with Gasteiger partial charge in [0, 0.05) is 0 Å². The Bertz CT molecular complexity index is 208. The van der Waals surface area contributed by atoms with E-state index >= 15 is 0 Å². The molecule has 2 nitrogen and oxygen atoms in total. The summed E-state index contributed by atoms with van der Waals surface area (Å²) in [6, 6.07) is 8.92. The Hall–Kier alpha value is 0.326. The van der Waals surface area contributed by atoms with Crippen molar-refractivity contribution in [3.63, 3.8) is 0 Å². The van der Waals surface area contributed by atoms with Gasteiger partial charge in [-0.2, -0.15) is 0 Å². The number of benzene rings is 1. The quantitative estimate of drug-likeness (QED) is 0.610. The summed E-state index contributed by atoms with van der Waals surface area (Å²) in [7, 11) is 0. The van der Waals surface area contributed by atoms with E-state index in [1.165, 1.54) is 12.1 Å². The van der Waals surface area contributed by atoms with Crippen LogP contribution in [0, 0.1) is 6.07 Å². The maximum absolute atomic E-state index is 10.2. The molecule has 0 aliphatic heterocycles. The Balaban J connectivity index is 0.000000810. The molecule has 0 aliphatic rings. The van der Waals surface area contributed by atoms with Crippen LogP contribution in [0.25, 0.3) is 0 Å². The molecule has 0 amide bonds. The summed E-state index contributed by atoms with van der Waals surface area (Å²) in [4.78, 5) is 10.2. The summed E-state index contributed by atoms with van der Waals surface area (Å²) in [5.41, 5.74) is 0.275. The fourth-order valence-electron chi connectivity index (χ4n) is 0.526. The van der Waals surface area contributed by atoms with Crippen molar-refractivity contribution >= 4 is 57.4 Å². The van der Waals surface area contributed by atoms with E-state index in [4.69, 9.17) is 5.11 Å². The standard InChI is InChI=1S/C7H5O2.K.H/c8-7(9)6-4-2-1-3-5-6;;/h1-2,4-5H,(H,8,9);;. The van der Waals surface area contributed by atoms with Crippen molar-refractivity contribution < 1.29 is 9.90 Å². The third-order valence-corrected chi connectivity index (χ3v) is 0.954. The molecule has 1 aromatic rings. The molecular formula is C7H6KO2. The van der Waals surface area contributed by atoms with Gasteiger partial charge in [-0.3, -0.25) is 0 Å². The van der Waals surface area contributed by atoms with Crippen LogP contribution in [0.2, 0.25) is 0 Å². The molecule has 0 bridgehead atoms.